The van der Waals surface area contributed by atoms with Crippen molar-refractivity contribution in [3.05, 3.63) is 41.5 Å². The number of carboxylic acids is 1. The maximum atomic E-state index is 12.2. The molecule has 2 aliphatic rings. The van der Waals surface area contributed by atoms with E-state index in [-0.39, 0.29) is 12.5 Å². The second-order valence-corrected chi connectivity index (χ2v) is 6.86. The fourth-order valence-electron chi connectivity index (χ4n) is 4.03. The lowest BCUT2D eigenvalue weighted by molar-refractivity contribution is -0.152. The zero-order valence-corrected chi connectivity index (χ0v) is 14.3. The number of nitrogens with zero attached hydrogens (tertiary/aromatic N) is 2. The molecular formula is C18H21N3O4. The van der Waals surface area contributed by atoms with E-state index in [4.69, 9.17) is 9.47 Å². The zero-order valence-electron chi connectivity index (χ0n) is 14.3. The Labute approximate surface area is 145 Å². The molecule has 3 heterocycles. The van der Waals surface area contributed by atoms with Crippen molar-refractivity contribution in [1.82, 2.24) is 14.9 Å². The number of imidazole rings is 1. The summed E-state index contributed by atoms with van der Waals surface area (Å²) in [6, 6.07) is 5.67. The van der Waals surface area contributed by atoms with Crippen LogP contribution in [0.15, 0.2) is 24.4 Å². The summed E-state index contributed by atoms with van der Waals surface area (Å²) in [7, 11) is 1.60. The highest BCUT2D eigenvalue weighted by atomic mass is 16.5. The average Bonchev–Trinajstić information content (AvgIpc) is 3.18. The van der Waals surface area contributed by atoms with E-state index < -0.39 is 11.4 Å². The minimum atomic E-state index is -0.943. The summed E-state index contributed by atoms with van der Waals surface area (Å²) in [5.41, 5.74) is 0.963. The molecule has 0 bridgehead atoms. The van der Waals surface area contributed by atoms with Crippen LogP contribution in [-0.4, -0.2) is 52.7 Å². The lowest BCUT2D eigenvalue weighted by atomic mass is 9.73. The van der Waals surface area contributed by atoms with Gasteiger partial charge in [0.05, 0.1) is 13.7 Å². The Morgan fingerprint density at radius 3 is 3.08 bits per heavy atom. The van der Waals surface area contributed by atoms with Gasteiger partial charge in [0.15, 0.2) is 11.5 Å². The number of carbonyl (C=O) groups is 1. The Morgan fingerprint density at radius 2 is 2.40 bits per heavy atom. The molecule has 1 fully saturated rings. The molecule has 2 atom stereocenters. The first-order valence-electron chi connectivity index (χ1n) is 8.29. The molecule has 7 heteroatoms. The van der Waals surface area contributed by atoms with Gasteiger partial charge in [-0.3, -0.25) is 9.69 Å². The molecule has 0 radical (unpaired) electrons. The maximum Gasteiger partial charge on any atom is 0.315 e. The van der Waals surface area contributed by atoms with Crippen LogP contribution in [0.4, 0.5) is 0 Å². The predicted molar refractivity (Wildman–Crippen MR) is 89.9 cm³/mol. The van der Waals surface area contributed by atoms with E-state index in [1.54, 1.807) is 13.3 Å². The molecule has 132 valence electrons. The Balaban J connectivity index is 1.68. The quantitative estimate of drug-likeness (QED) is 0.880. The van der Waals surface area contributed by atoms with Crippen LogP contribution in [0, 0.1) is 12.3 Å². The van der Waals surface area contributed by atoms with Crippen molar-refractivity contribution < 1.29 is 19.4 Å². The number of hydrogen-bond acceptors (Lipinski definition) is 5. The summed E-state index contributed by atoms with van der Waals surface area (Å²) in [4.78, 5) is 21.8. The molecule has 2 aliphatic heterocycles. The number of nitrogens with one attached hydrogen (secondary N) is 1. The van der Waals surface area contributed by atoms with Crippen LogP contribution < -0.4 is 9.47 Å². The monoisotopic (exact) mass is 343 g/mol. The summed E-state index contributed by atoms with van der Waals surface area (Å²) < 4.78 is 11.2. The Kier molecular flexibility index (Phi) is 3.68. The molecule has 1 aromatic carbocycles. The molecule has 2 N–H and O–H groups in total. The van der Waals surface area contributed by atoms with Gasteiger partial charge < -0.3 is 19.6 Å². The molecule has 1 saturated heterocycles. The van der Waals surface area contributed by atoms with Gasteiger partial charge in [-0.15, -0.1) is 0 Å². The van der Waals surface area contributed by atoms with Crippen molar-refractivity contribution in [1.29, 1.82) is 0 Å². The molecule has 2 aromatic rings. The zero-order chi connectivity index (χ0) is 17.6. The van der Waals surface area contributed by atoms with Gasteiger partial charge in [-0.2, -0.15) is 0 Å². The van der Waals surface area contributed by atoms with E-state index in [2.05, 4.69) is 14.9 Å². The first-order chi connectivity index (χ1) is 12.0. The maximum absolute atomic E-state index is 12.2. The van der Waals surface area contributed by atoms with Gasteiger partial charge in [-0.05, 0) is 13.0 Å². The number of aromatic nitrogens is 2. The van der Waals surface area contributed by atoms with Crippen molar-refractivity contribution in [2.45, 2.75) is 19.4 Å². The first kappa shape index (κ1) is 16.0. The van der Waals surface area contributed by atoms with Crippen molar-refractivity contribution >= 4 is 5.97 Å². The molecule has 1 aromatic heterocycles. The van der Waals surface area contributed by atoms with Crippen molar-refractivity contribution in [2.24, 2.45) is 5.41 Å². The number of ether oxygens (including phenoxy) is 2. The van der Waals surface area contributed by atoms with Crippen molar-refractivity contribution in [3.8, 4) is 11.5 Å². The van der Waals surface area contributed by atoms with Gasteiger partial charge in [0.25, 0.3) is 0 Å². The first-order valence-corrected chi connectivity index (χ1v) is 8.29. The second kappa shape index (κ2) is 5.77. The van der Waals surface area contributed by atoms with Crippen LogP contribution in [0.2, 0.25) is 0 Å². The normalized spacial score (nSPS) is 25.1. The average molecular weight is 343 g/mol. The molecule has 4 rings (SSSR count). The van der Waals surface area contributed by atoms with Gasteiger partial charge in [-0.25, -0.2) is 4.98 Å². The van der Waals surface area contributed by atoms with Crippen molar-refractivity contribution in [3.63, 3.8) is 0 Å². The number of aromatic amines is 1. The number of likely N-dealkylation sites (tertiary alicyclic amines) is 1. The molecule has 0 amide bonds. The van der Waals surface area contributed by atoms with E-state index in [1.165, 1.54) is 0 Å². The van der Waals surface area contributed by atoms with E-state index in [1.807, 2.05) is 25.1 Å². The molecule has 0 spiro atoms. The summed E-state index contributed by atoms with van der Waals surface area (Å²) in [5, 5.41) is 9.98. The summed E-state index contributed by atoms with van der Waals surface area (Å²) >= 11 is 0. The van der Waals surface area contributed by atoms with Gasteiger partial charge in [0.1, 0.15) is 17.8 Å². The number of para-hydroxylation sites is 1. The third kappa shape index (κ3) is 2.46. The minimum Gasteiger partial charge on any atom is -0.493 e. The van der Waals surface area contributed by atoms with E-state index in [0.29, 0.717) is 31.1 Å². The predicted octanol–water partition coefficient (Wildman–Crippen LogP) is 1.79. The van der Waals surface area contributed by atoms with Crippen LogP contribution in [0.25, 0.3) is 0 Å². The lowest BCUT2D eigenvalue weighted by Gasteiger charge is -2.36. The Morgan fingerprint density at radius 1 is 1.56 bits per heavy atom. The minimum absolute atomic E-state index is 0.139. The molecular weight excluding hydrogens is 322 g/mol. The van der Waals surface area contributed by atoms with Crippen LogP contribution >= 0.6 is 0 Å². The lowest BCUT2D eigenvalue weighted by Crippen LogP contribution is -2.45. The third-order valence-electron chi connectivity index (χ3n) is 5.25. The molecule has 0 saturated carbocycles. The number of hydrogen-bond donors (Lipinski definition) is 2. The Hall–Kier alpha value is -2.54. The topological polar surface area (TPSA) is 87.7 Å². The molecule has 7 nitrogen and oxygen atoms in total. The highest BCUT2D eigenvalue weighted by Gasteiger charge is 2.56. The summed E-state index contributed by atoms with van der Waals surface area (Å²) in [5.74, 6) is 1.21. The third-order valence-corrected chi connectivity index (χ3v) is 5.25. The van der Waals surface area contributed by atoms with E-state index >= 15 is 0 Å². The van der Waals surface area contributed by atoms with Crippen LogP contribution in [-0.2, 0) is 11.3 Å². The number of carboxylic acid groups (broad SMARTS) is 1. The number of H-pyrrole nitrogens is 1. The van der Waals surface area contributed by atoms with Crippen LogP contribution in [0.1, 0.15) is 23.0 Å². The van der Waals surface area contributed by atoms with Crippen molar-refractivity contribution in [2.75, 3.05) is 26.8 Å². The highest BCUT2D eigenvalue weighted by Crippen LogP contribution is 2.52. The van der Waals surface area contributed by atoms with Gasteiger partial charge in [0, 0.05) is 36.5 Å². The molecule has 0 aliphatic carbocycles. The number of rotatable bonds is 4. The Bertz CT molecular complexity index is 818. The van der Waals surface area contributed by atoms with E-state index in [0.717, 1.165) is 17.1 Å². The van der Waals surface area contributed by atoms with Gasteiger partial charge in [-0.1, -0.05) is 12.1 Å². The summed E-state index contributed by atoms with van der Waals surface area (Å²) in [6.07, 6.45) is 1.79. The largest absolute Gasteiger partial charge is 0.493 e. The van der Waals surface area contributed by atoms with Gasteiger partial charge >= 0.3 is 5.97 Å². The number of fused-ring (bicyclic) bond motifs is 3. The number of aliphatic carboxylic acids is 1. The van der Waals surface area contributed by atoms with Crippen LogP contribution in [0.3, 0.4) is 0 Å². The highest BCUT2D eigenvalue weighted by molar-refractivity contribution is 5.78. The molecule has 0 unspecified atom stereocenters. The van der Waals surface area contributed by atoms with Gasteiger partial charge in [0.2, 0.25) is 0 Å². The fraction of sp³-hybridized carbons (Fsp3) is 0.444. The number of benzene rings is 1. The number of aryl methyl sites for hydroxylation is 1. The van der Waals surface area contributed by atoms with Crippen LogP contribution in [0.5, 0.6) is 11.5 Å². The molecule has 25 heavy (non-hydrogen) atoms. The van der Waals surface area contributed by atoms with E-state index in [9.17, 15) is 9.90 Å². The number of methoxy groups -OCH3 is 1. The SMILES string of the molecule is COc1cccc2c1OC[C@]1(C(=O)O)CN(Cc3ncc(C)[nH]3)C[C@H]21. The second-order valence-electron chi connectivity index (χ2n) is 6.86. The smallest absolute Gasteiger partial charge is 0.315 e. The summed E-state index contributed by atoms with van der Waals surface area (Å²) in [6.45, 7) is 3.78. The standard InChI is InChI=1S/C18H21N3O4/c1-11-6-19-15(20-11)8-21-7-13-12-4-3-5-14(24-2)16(12)25-10-18(13,9-21)17(22)23/h3-6,13H,7-10H2,1-2H3,(H,19,20)(H,22,23)/t13-,18-/m1/s1. The fourth-order valence-corrected chi connectivity index (χ4v) is 4.03.